The summed E-state index contributed by atoms with van der Waals surface area (Å²) in [6.07, 6.45) is 0. The van der Waals surface area contributed by atoms with Gasteiger partial charge in [0.1, 0.15) is 5.82 Å². The van der Waals surface area contributed by atoms with Crippen molar-refractivity contribution in [3.05, 3.63) is 53.1 Å². The van der Waals surface area contributed by atoms with Crippen molar-refractivity contribution in [2.75, 3.05) is 7.11 Å². The molecule has 1 N–H and O–H groups in total. The summed E-state index contributed by atoms with van der Waals surface area (Å²) in [5.74, 6) is 0.475. The first kappa shape index (κ1) is 13.4. The Bertz CT molecular complexity index is 814. The van der Waals surface area contributed by atoms with Crippen LogP contribution in [0.1, 0.15) is 21.5 Å². The van der Waals surface area contributed by atoms with Gasteiger partial charge in [0.15, 0.2) is 0 Å². The van der Waals surface area contributed by atoms with Gasteiger partial charge < -0.3 is 9.72 Å². The van der Waals surface area contributed by atoms with Crippen LogP contribution >= 0.6 is 0 Å². The third kappa shape index (κ3) is 2.29. The lowest BCUT2D eigenvalue weighted by molar-refractivity contribution is 0.0601. The molecule has 2 aromatic carbocycles. The molecule has 0 radical (unpaired) electrons. The Hall–Kier alpha value is -2.62. The SMILES string of the molecule is COC(=O)c1ccc2nc(-c3c(C)cccc3C)[nH]c2c1. The van der Waals surface area contributed by atoms with Gasteiger partial charge in [0.25, 0.3) is 0 Å². The minimum atomic E-state index is -0.347. The summed E-state index contributed by atoms with van der Waals surface area (Å²) in [5, 5.41) is 0. The number of nitrogens with one attached hydrogen (secondary N) is 1. The summed E-state index contributed by atoms with van der Waals surface area (Å²) in [7, 11) is 1.38. The average Bonchev–Trinajstić information content (AvgIpc) is 2.88. The van der Waals surface area contributed by atoms with Crippen LogP contribution in [0.25, 0.3) is 22.4 Å². The number of hydrogen-bond donors (Lipinski definition) is 1. The molecule has 1 aromatic heterocycles. The molecule has 0 amide bonds. The molecule has 0 saturated heterocycles. The van der Waals surface area contributed by atoms with Gasteiger partial charge in [-0.1, -0.05) is 18.2 Å². The molecule has 0 bridgehead atoms. The highest BCUT2D eigenvalue weighted by atomic mass is 16.5. The Morgan fingerprint density at radius 2 is 1.86 bits per heavy atom. The van der Waals surface area contributed by atoms with E-state index in [1.54, 1.807) is 12.1 Å². The van der Waals surface area contributed by atoms with Crippen LogP contribution in [0, 0.1) is 13.8 Å². The molecule has 106 valence electrons. The second-order valence-electron chi connectivity index (χ2n) is 5.08. The number of aromatic amines is 1. The minimum Gasteiger partial charge on any atom is -0.465 e. The fraction of sp³-hybridized carbons (Fsp3) is 0.176. The Kier molecular flexibility index (Phi) is 3.22. The van der Waals surface area contributed by atoms with Crippen LogP contribution in [0.4, 0.5) is 0 Å². The van der Waals surface area contributed by atoms with Gasteiger partial charge in [0.2, 0.25) is 0 Å². The summed E-state index contributed by atoms with van der Waals surface area (Å²) in [6.45, 7) is 4.13. The van der Waals surface area contributed by atoms with E-state index in [1.165, 1.54) is 18.2 Å². The molecule has 4 heteroatoms. The number of carbonyl (C=O) groups is 1. The number of rotatable bonds is 2. The molecular weight excluding hydrogens is 264 g/mol. The van der Waals surface area contributed by atoms with Gasteiger partial charge in [-0.15, -0.1) is 0 Å². The van der Waals surface area contributed by atoms with Gasteiger partial charge >= 0.3 is 5.97 Å². The van der Waals surface area contributed by atoms with Gasteiger partial charge in [0, 0.05) is 5.56 Å². The van der Waals surface area contributed by atoms with E-state index in [0.717, 1.165) is 22.4 Å². The Morgan fingerprint density at radius 1 is 1.14 bits per heavy atom. The van der Waals surface area contributed by atoms with Crippen LogP contribution in [0.3, 0.4) is 0 Å². The summed E-state index contributed by atoms with van der Waals surface area (Å²) < 4.78 is 4.74. The van der Waals surface area contributed by atoms with Crippen LogP contribution in [-0.4, -0.2) is 23.0 Å². The number of aryl methyl sites for hydroxylation is 2. The maximum absolute atomic E-state index is 11.6. The molecule has 3 aromatic rings. The molecule has 3 rings (SSSR count). The number of imidazole rings is 1. The normalized spacial score (nSPS) is 10.8. The first-order chi connectivity index (χ1) is 10.1. The number of fused-ring (bicyclic) bond motifs is 1. The highest BCUT2D eigenvalue weighted by Gasteiger charge is 2.12. The van der Waals surface area contributed by atoms with Crippen molar-refractivity contribution in [1.29, 1.82) is 0 Å². The van der Waals surface area contributed by atoms with Crippen molar-refractivity contribution in [1.82, 2.24) is 9.97 Å². The Labute approximate surface area is 122 Å². The van der Waals surface area contributed by atoms with Crippen LogP contribution in [0.2, 0.25) is 0 Å². The van der Waals surface area contributed by atoms with E-state index in [0.29, 0.717) is 5.56 Å². The van der Waals surface area contributed by atoms with E-state index in [9.17, 15) is 4.79 Å². The molecule has 0 saturated carbocycles. The van der Waals surface area contributed by atoms with Crippen molar-refractivity contribution < 1.29 is 9.53 Å². The number of H-pyrrole nitrogens is 1. The topological polar surface area (TPSA) is 55.0 Å². The zero-order chi connectivity index (χ0) is 15.0. The highest BCUT2D eigenvalue weighted by Crippen LogP contribution is 2.27. The Balaban J connectivity index is 2.15. The monoisotopic (exact) mass is 280 g/mol. The molecule has 0 fully saturated rings. The highest BCUT2D eigenvalue weighted by molar-refractivity contribution is 5.94. The number of benzene rings is 2. The van der Waals surface area contributed by atoms with Crippen molar-refractivity contribution >= 4 is 17.0 Å². The van der Waals surface area contributed by atoms with Crippen LogP contribution in [0.5, 0.6) is 0 Å². The molecule has 0 atom stereocenters. The predicted molar refractivity (Wildman–Crippen MR) is 82.3 cm³/mol. The molecule has 4 nitrogen and oxygen atoms in total. The van der Waals surface area contributed by atoms with Crippen molar-refractivity contribution in [2.24, 2.45) is 0 Å². The number of nitrogens with zero attached hydrogens (tertiary/aromatic N) is 1. The molecular formula is C17H16N2O2. The quantitative estimate of drug-likeness (QED) is 0.729. The Morgan fingerprint density at radius 3 is 2.52 bits per heavy atom. The van der Waals surface area contributed by atoms with E-state index in [2.05, 4.69) is 35.9 Å². The van der Waals surface area contributed by atoms with Crippen LogP contribution in [0.15, 0.2) is 36.4 Å². The molecule has 1 heterocycles. The number of hydrogen-bond acceptors (Lipinski definition) is 3. The third-order valence-corrected chi connectivity index (χ3v) is 3.62. The second kappa shape index (κ2) is 5.05. The summed E-state index contributed by atoms with van der Waals surface area (Å²) in [6, 6.07) is 11.5. The molecule has 21 heavy (non-hydrogen) atoms. The molecule has 0 unspecified atom stereocenters. The zero-order valence-corrected chi connectivity index (χ0v) is 12.2. The number of methoxy groups -OCH3 is 1. The third-order valence-electron chi connectivity index (χ3n) is 3.62. The van der Waals surface area contributed by atoms with Crippen LogP contribution < -0.4 is 0 Å². The lowest BCUT2D eigenvalue weighted by Gasteiger charge is -2.05. The largest absolute Gasteiger partial charge is 0.465 e. The standard InChI is InChI=1S/C17H16N2O2/c1-10-5-4-6-11(2)15(10)16-18-13-8-7-12(17(20)21-3)9-14(13)19-16/h4-9H,1-3H3,(H,18,19). The van der Waals surface area contributed by atoms with Gasteiger partial charge in [0.05, 0.1) is 23.7 Å². The van der Waals surface area contributed by atoms with Crippen molar-refractivity contribution in [2.45, 2.75) is 13.8 Å². The van der Waals surface area contributed by atoms with E-state index in [4.69, 9.17) is 4.74 Å². The molecule has 0 aliphatic rings. The van der Waals surface area contributed by atoms with E-state index in [-0.39, 0.29) is 5.97 Å². The first-order valence-corrected chi connectivity index (χ1v) is 6.75. The van der Waals surface area contributed by atoms with Gasteiger partial charge in [-0.2, -0.15) is 0 Å². The predicted octanol–water partition coefficient (Wildman–Crippen LogP) is 3.63. The van der Waals surface area contributed by atoms with E-state index < -0.39 is 0 Å². The van der Waals surface area contributed by atoms with E-state index in [1.807, 2.05) is 12.1 Å². The summed E-state index contributed by atoms with van der Waals surface area (Å²) >= 11 is 0. The fourth-order valence-corrected chi connectivity index (χ4v) is 2.56. The lowest BCUT2D eigenvalue weighted by Crippen LogP contribution is -2.00. The molecule has 0 spiro atoms. The number of carbonyl (C=O) groups excluding carboxylic acids is 1. The number of ether oxygens (including phenoxy) is 1. The van der Waals surface area contributed by atoms with Crippen molar-refractivity contribution in [3.8, 4) is 11.4 Å². The van der Waals surface area contributed by atoms with Gasteiger partial charge in [-0.25, -0.2) is 9.78 Å². The molecule has 0 aliphatic heterocycles. The lowest BCUT2D eigenvalue weighted by atomic mass is 10.0. The maximum Gasteiger partial charge on any atom is 0.337 e. The summed E-state index contributed by atoms with van der Waals surface area (Å²) in [4.78, 5) is 19.5. The minimum absolute atomic E-state index is 0.347. The van der Waals surface area contributed by atoms with E-state index >= 15 is 0 Å². The average molecular weight is 280 g/mol. The molecule has 0 aliphatic carbocycles. The van der Waals surface area contributed by atoms with Gasteiger partial charge in [-0.05, 0) is 43.2 Å². The first-order valence-electron chi connectivity index (χ1n) is 6.75. The smallest absolute Gasteiger partial charge is 0.337 e. The van der Waals surface area contributed by atoms with Crippen molar-refractivity contribution in [3.63, 3.8) is 0 Å². The number of esters is 1. The summed E-state index contributed by atoms with van der Waals surface area (Å²) in [5.41, 5.74) is 5.62. The zero-order valence-electron chi connectivity index (χ0n) is 12.2. The van der Waals surface area contributed by atoms with Gasteiger partial charge in [-0.3, -0.25) is 0 Å². The van der Waals surface area contributed by atoms with Crippen LogP contribution in [-0.2, 0) is 4.74 Å². The maximum atomic E-state index is 11.6. The fourth-order valence-electron chi connectivity index (χ4n) is 2.56. The second-order valence-corrected chi connectivity index (χ2v) is 5.08. The number of aromatic nitrogens is 2.